The van der Waals surface area contributed by atoms with E-state index in [1.54, 1.807) is 0 Å². The second kappa shape index (κ2) is 15.4. The highest BCUT2D eigenvalue weighted by Crippen LogP contribution is 2.43. The van der Waals surface area contributed by atoms with Crippen molar-refractivity contribution >= 4 is 142 Å². The van der Waals surface area contributed by atoms with Gasteiger partial charge in [-0.05, 0) is 116 Å². The topological polar surface area (TPSA) is 29.5 Å². The molecule has 0 aliphatic carbocycles. The summed E-state index contributed by atoms with van der Waals surface area (Å²) < 4.78 is 8.42. The fourth-order valence-electron chi connectivity index (χ4n) is 8.55. The Balaban J connectivity index is 0.000000114. The second-order valence-electron chi connectivity index (χ2n) is 14.3. The predicted octanol–water partition coefficient (Wildman–Crippen LogP) is 16.0. The standard InChI is InChI=1S/C26H15Br.C16H8Br2.C10H8BO2/c27-24-15-11-18-9-13-22-21(12-8-17-10-14-23(24)26(18)25(17)22)20-7-3-5-16-4-1-2-6-19(16)20;17-13-8-4-10-2-6-12-14(18)7-3-9-1-5-11(13)16(10)15(9)12;12-11-13-10-7-3-5-8-4-1-2-6-9(8)10/h1-15H;1-8H;1-7,12H. The largest absolute Gasteiger partial charge is 0.569 e. The van der Waals surface area contributed by atoms with Crippen LogP contribution in [0.3, 0.4) is 0 Å². The van der Waals surface area contributed by atoms with Gasteiger partial charge in [-0.25, -0.2) is 0 Å². The van der Waals surface area contributed by atoms with E-state index in [2.05, 4.69) is 187 Å². The fraction of sp³-hybridized carbons (Fsp3) is 0. The van der Waals surface area contributed by atoms with E-state index in [-0.39, 0.29) is 0 Å². The first kappa shape index (κ1) is 36.8. The molecule has 12 aromatic rings. The lowest BCUT2D eigenvalue weighted by molar-refractivity contribution is 0.457. The van der Waals surface area contributed by atoms with Crippen LogP contribution in [-0.4, -0.2) is 12.7 Å². The molecule has 0 fully saturated rings. The minimum atomic E-state index is 0.667. The van der Waals surface area contributed by atoms with Gasteiger partial charge in [0.25, 0.3) is 0 Å². The lowest BCUT2D eigenvalue weighted by atomic mass is 9.88. The van der Waals surface area contributed by atoms with E-state index in [0.717, 1.165) is 24.2 Å². The maximum Gasteiger partial charge on any atom is 0.569 e. The van der Waals surface area contributed by atoms with Gasteiger partial charge in [-0.2, -0.15) is 0 Å². The molecule has 58 heavy (non-hydrogen) atoms. The summed E-state index contributed by atoms with van der Waals surface area (Å²) in [6.45, 7) is 0. The third-order valence-corrected chi connectivity index (χ3v) is 13.3. The highest BCUT2D eigenvalue weighted by atomic mass is 79.9. The van der Waals surface area contributed by atoms with E-state index >= 15 is 0 Å². The zero-order valence-corrected chi connectivity index (χ0v) is 35.6. The molecule has 0 aliphatic heterocycles. The van der Waals surface area contributed by atoms with Crippen molar-refractivity contribution in [3.63, 3.8) is 0 Å². The first-order valence-electron chi connectivity index (χ1n) is 18.9. The van der Waals surface area contributed by atoms with Crippen LogP contribution in [0.5, 0.6) is 5.75 Å². The molecule has 0 unspecified atom stereocenters. The Hall–Kier alpha value is -5.50. The molecule has 275 valence electrons. The van der Waals surface area contributed by atoms with Gasteiger partial charge in [0, 0.05) is 18.8 Å². The van der Waals surface area contributed by atoms with Crippen LogP contribution < -0.4 is 4.65 Å². The number of benzene rings is 12. The lowest BCUT2D eigenvalue weighted by Crippen LogP contribution is -1.99. The highest BCUT2D eigenvalue weighted by molar-refractivity contribution is 9.11. The van der Waals surface area contributed by atoms with E-state index in [4.69, 9.17) is 9.68 Å². The summed E-state index contributed by atoms with van der Waals surface area (Å²) in [5.41, 5.74) is 2.60. The van der Waals surface area contributed by atoms with Crippen LogP contribution in [0.4, 0.5) is 0 Å². The summed E-state index contributed by atoms with van der Waals surface area (Å²) in [7, 11) is 0.696. The van der Waals surface area contributed by atoms with Gasteiger partial charge in [-0.15, -0.1) is 0 Å². The monoisotopic (exact) mass is 935 g/mol. The van der Waals surface area contributed by atoms with Gasteiger partial charge >= 0.3 is 7.69 Å². The van der Waals surface area contributed by atoms with Crippen molar-refractivity contribution in [2.75, 3.05) is 0 Å². The Kier molecular flexibility index (Phi) is 9.75. The Bertz CT molecular complexity index is 3390. The molecule has 0 bridgehead atoms. The molecule has 0 spiro atoms. The van der Waals surface area contributed by atoms with Crippen LogP contribution >= 0.6 is 47.8 Å². The molecule has 0 atom stereocenters. The molecular formula is C52H31BBr3O2. The summed E-state index contributed by atoms with van der Waals surface area (Å²) in [6.07, 6.45) is 0. The first-order valence-corrected chi connectivity index (χ1v) is 21.3. The molecular weight excluding hydrogens is 907 g/mol. The molecule has 0 amide bonds. The number of halogens is 3. The van der Waals surface area contributed by atoms with Crippen LogP contribution in [0.1, 0.15) is 0 Å². The van der Waals surface area contributed by atoms with Crippen LogP contribution in [0.2, 0.25) is 0 Å². The van der Waals surface area contributed by atoms with Crippen LogP contribution in [0.25, 0.3) is 97.3 Å². The van der Waals surface area contributed by atoms with Crippen molar-refractivity contribution < 1.29 is 9.68 Å². The third kappa shape index (κ3) is 6.36. The van der Waals surface area contributed by atoms with Crippen LogP contribution in [0.15, 0.2) is 195 Å². The third-order valence-electron chi connectivity index (χ3n) is 11.2. The molecule has 0 aromatic heterocycles. The predicted molar refractivity (Wildman–Crippen MR) is 259 cm³/mol. The molecule has 0 saturated carbocycles. The van der Waals surface area contributed by atoms with Crippen LogP contribution in [-0.2, 0) is 0 Å². The number of rotatable bonds is 3. The normalized spacial score (nSPS) is 11.4. The summed E-state index contributed by atoms with van der Waals surface area (Å²) in [5.74, 6) is 0.667. The molecule has 0 heterocycles. The number of hydrogen-bond acceptors (Lipinski definition) is 2. The average molecular weight is 938 g/mol. The van der Waals surface area contributed by atoms with Gasteiger partial charge in [0.05, 0.1) is 0 Å². The Morgan fingerprint density at radius 1 is 0.310 bits per heavy atom. The van der Waals surface area contributed by atoms with Gasteiger partial charge in [-0.3, -0.25) is 0 Å². The molecule has 6 heteroatoms. The molecule has 0 saturated heterocycles. The minimum absolute atomic E-state index is 0.667. The molecule has 2 nitrogen and oxygen atoms in total. The van der Waals surface area contributed by atoms with Gasteiger partial charge in [0.2, 0.25) is 0 Å². The van der Waals surface area contributed by atoms with Gasteiger partial charge < -0.3 is 9.68 Å². The quantitative estimate of drug-likeness (QED) is 0.141. The van der Waals surface area contributed by atoms with Gasteiger partial charge in [-0.1, -0.05) is 206 Å². The van der Waals surface area contributed by atoms with E-state index in [1.165, 1.54) is 86.5 Å². The van der Waals surface area contributed by atoms with Crippen molar-refractivity contribution in [3.8, 4) is 16.9 Å². The van der Waals surface area contributed by atoms with E-state index in [0.29, 0.717) is 13.4 Å². The van der Waals surface area contributed by atoms with E-state index in [9.17, 15) is 0 Å². The maximum absolute atomic E-state index is 8.53. The zero-order valence-electron chi connectivity index (χ0n) is 30.9. The molecule has 12 aromatic carbocycles. The van der Waals surface area contributed by atoms with Gasteiger partial charge in [0.15, 0.2) is 0 Å². The van der Waals surface area contributed by atoms with Crippen LogP contribution in [0, 0.1) is 0 Å². The van der Waals surface area contributed by atoms with E-state index < -0.39 is 0 Å². The Morgan fingerprint density at radius 2 is 0.690 bits per heavy atom. The fourth-order valence-corrected chi connectivity index (χ4v) is 9.93. The summed E-state index contributed by atoms with van der Waals surface area (Å²) in [4.78, 5) is 0. The van der Waals surface area contributed by atoms with Crippen molar-refractivity contribution in [1.29, 1.82) is 0 Å². The maximum atomic E-state index is 8.53. The summed E-state index contributed by atoms with van der Waals surface area (Å²) >= 11 is 11.0. The second-order valence-corrected chi connectivity index (χ2v) is 16.9. The minimum Gasteiger partial charge on any atom is -0.537 e. The van der Waals surface area contributed by atoms with Crippen molar-refractivity contribution in [3.05, 3.63) is 195 Å². The summed E-state index contributed by atoms with van der Waals surface area (Å²) in [6, 6.07) is 64.1. The first-order chi connectivity index (χ1) is 28.5. The Morgan fingerprint density at radius 3 is 1.22 bits per heavy atom. The number of hydrogen-bond donors (Lipinski definition) is 1. The van der Waals surface area contributed by atoms with Crippen molar-refractivity contribution in [2.45, 2.75) is 0 Å². The van der Waals surface area contributed by atoms with Crippen molar-refractivity contribution in [2.24, 2.45) is 0 Å². The molecule has 1 radical (unpaired) electrons. The number of fused-ring (bicyclic) bond motifs is 2. The summed E-state index contributed by atoms with van der Waals surface area (Å²) in [5, 5.41) is 29.0. The average Bonchev–Trinajstić information content (AvgIpc) is 3.27. The van der Waals surface area contributed by atoms with E-state index in [1.807, 2.05) is 42.5 Å². The molecule has 1 N–H and O–H groups in total. The highest BCUT2D eigenvalue weighted by Gasteiger charge is 2.15. The molecule has 12 rings (SSSR count). The van der Waals surface area contributed by atoms with Crippen molar-refractivity contribution in [1.82, 2.24) is 0 Å². The molecule has 0 aliphatic rings. The Labute approximate surface area is 361 Å². The van der Waals surface area contributed by atoms with Gasteiger partial charge in [0.1, 0.15) is 5.75 Å². The smallest absolute Gasteiger partial charge is 0.537 e. The SMILES string of the molecule is Brc1ccc2ccc3c(-c4cccc5ccccc45)ccc4ccc1c2c43.Brc1ccc2ccc3c(Br)ccc4ccc1c2c43.O[B]Oc1cccc2ccccc12. The zero-order chi connectivity index (χ0) is 39.3. The lowest BCUT2D eigenvalue weighted by Gasteiger charge is -2.16.